The predicted molar refractivity (Wildman–Crippen MR) is 148 cm³/mol. The standard InChI is InChI=1S/C29H26N2O4S2/c32-25(20-12-10-19(11-13-20)18-6-2-1-3-7-18)17-36-29-31-24-15-14-21(16-26(24)37-29)30-27(33)22-8-4-5-9-23(22)28(34)35/h1-3,6-7,10-16,22-23H,4-5,8-9,17H2,(H,30,33)(H,34,35)/t22-,23+/m1/s1. The van der Waals surface area contributed by atoms with E-state index in [-0.39, 0.29) is 17.4 Å². The van der Waals surface area contributed by atoms with E-state index in [9.17, 15) is 19.5 Å². The molecular weight excluding hydrogens is 504 g/mol. The van der Waals surface area contributed by atoms with Crippen molar-refractivity contribution >= 4 is 56.7 Å². The van der Waals surface area contributed by atoms with E-state index in [0.717, 1.165) is 38.5 Å². The van der Waals surface area contributed by atoms with Crippen molar-refractivity contribution in [2.24, 2.45) is 11.8 Å². The summed E-state index contributed by atoms with van der Waals surface area (Å²) in [6.07, 6.45) is 2.84. The molecule has 0 spiro atoms. The van der Waals surface area contributed by atoms with Crippen LogP contribution in [-0.4, -0.2) is 33.5 Å². The van der Waals surface area contributed by atoms with Gasteiger partial charge in [-0.1, -0.05) is 79.2 Å². The second-order valence-electron chi connectivity index (χ2n) is 9.14. The summed E-state index contributed by atoms with van der Waals surface area (Å²) in [6.45, 7) is 0. The van der Waals surface area contributed by atoms with E-state index in [0.29, 0.717) is 24.1 Å². The molecule has 188 valence electrons. The van der Waals surface area contributed by atoms with E-state index in [1.165, 1.54) is 23.1 Å². The molecule has 6 nitrogen and oxygen atoms in total. The maximum atomic E-state index is 12.8. The normalized spacial score (nSPS) is 17.4. The van der Waals surface area contributed by atoms with Gasteiger partial charge in [0, 0.05) is 11.3 Å². The van der Waals surface area contributed by atoms with E-state index in [2.05, 4.69) is 10.3 Å². The summed E-state index contributed by atoms with van der Waals surface area (Å²) < 4.78 is 1.68. The Morgan fingerprint density at radius 2 is 1.62 bits per heavy atom. The number of aliphatic carboxylic acids is 1. The first-order chi connectivity index (χ1) is 18.0. The van der Waals surface area contributed by atoms with Crippen LogP contribution in [0.2, 0.25) is 0 Å². The Kier molecular flexibility index (Phi) is 7.67. The molecular formula is C29H26N2O4S2. The topological polar surface area (TPSA) is 96.4 Å². The van der Waals surface area contributed by atoms with E-state index in [4.69, 9.17) is 0 Å². The number of rotatable bonds is 8. The summed E-state index contributed by atoms with van der Waals surface area (Å²) in [6, 6.07) is 23.2. The van der Waals surface area contributed by atoms with Crippen molar-refractivity contribution in [2.75, 3.05) is 11.1 Å². The van der Waals surface area contributed by atoms with Gasteiger partial charge in [0.15, 0.2) is 10.1 Å². The molecule has 1 saturated carbocycles. The van der Waals surface area contributed by atoms with Crippen LogP contribution in [0.1, 0.15) is 36.0 Å². The lowest BCUT2D eigenvalue weighted by Gasteiger charge is -2.27. The molecule has 1 fully saturated rings. The number of anilines is 1. The lowest BCUT2D eigenvalue weighted by atomic mass is 9.78. The molecule has 1 aliphatic carbocycles. The van der Waals surface area contributed by atoms with Gasteiger partial charge >= 0.3 is 5.97 Å². The third-order valence-corrected chi connectivity index (χ3v) is 8.86. The zero-order valence-corrected chi connectivity index (χ0v) is 21.7. The molecule has 0 radical (unpaired) electrons. The van der Waals surface area contributed by atoms with Gasteiger partial charge in [0.1, 0.15) is 0 Å². The van der Waals surface area contributed by atoms with Gasteiger partial charge < -0.3 is 10.4 Å². The Balaban J connectivity index is 1.21. The number of nitrogens with one attached hydrogen (secondary N) is 1. The van der Waals surface area contributed by atoms with E-state index < -0.39 is 17.8 Å². The Hall–Kier alpha value is -3.49. The van der Waals surface area contributed by atoms with Crippen LogP contribution in [0.4, 0.5) is 5.69 Å². The molecule has 2 N–H and O–H groups in total. The average Bonchev–Trinajstić information content (AvgIpc) is 3.34. The monoisotopic (exact) mass is 530 g/mol. The third-order valence-electron chi connectivity index (χ3n) is 6.70. The number of carbonyl (C=O) groups is 3. The van der Waals surface area contributed by atoms with Gasteiger partial charge in [-0.3, -0.25) is 14.4 Å². The van der Waals surface area contributed by atoms with Gasteiger partial charge in [-0.15, -0.1) is 11.3 Å². The Morgan fingerprint density at radius 1 is 0.919 bits per heavy atom. The minimum atomic E-state index is -0.902. The number of ketones is 1. The quantitative estimate of drug-likeness (QED) is 0.193. The number of hydrogen-bond acceptors (Lipinski definition) is 6. The minimum Gasteiger partial charge on any atom is -0.481 e. The lowest BCUT2D eigenvalue weighted by Crippen LogP contribution is -2.36. The van der Waals surface area contributed by atoms with Crippen LogP contribution >= 0.6 is 23.1 Å². The van der Waals surface area contributed by atoms with Crippen molar-refractivity contribution in [3.05, 3.63) is 78.4 Å². The summed E-state index contributed by atoms with van der Waals surface area (Å²) in [4.78, 5) is 41.7. The van der Waals surface area contributed by atoms with Gasteiger partial charge in [0.05, 0.1) is 27.8 Å². The number of carboxylic acids is 1. The van der Waals surface area contributed by atoms with Crippen molar-refractivity contribution < 1.29 is 19.5 Å². The fraction of sp³-hybridized carbons (Fsp3) is 0.241. The highest BCUT2D eigenvalue weighted by Crippen LogP contribution is 2.34. The Bertz CT molecular complexity index is 1430. The first-order valence-electron chi connectivity index (χ1n) is 12.2. The second kappa shape index (κ2) is 11.3. The third kappa shape index (κ3) is 5.92. The molecule has 5 rings (SSSR count). The average molecular weight is 531 g/mol. The molecule has 0 saturated heterocycles. The van der Waals surface area contributed by atoms with E-state index in [1.807, 2.05) is 66.7 Å². The zero-order valence-electron chi connectivity index (χ0n) is 20.1. The maximum absolute atomic E-state index is 12.8. The molecule has 1 amide bonds. The van der Waals surface area contributed by atoms with Crippen LogP contribution in [0.5, 0.6) is 0 Å². The highest BCUT2D eigenvalue weighted by molar-refractivity contribution is 8.01. The highest BCUT2D eigenvalue weighted by Gasteiger charge is 2.35. The van der Waals surface area contributed by atoms with Crippen molar-refractivity contribution in [1.82, 2.24) is 4.98 Å². The molecule has 3 aromatic carbocycles. The van der Waals surface area contributed by atoms with Crippen LogP contribution in [0, 0.1) is 11.8 Å². The Labute approximate surface area is 223 Å². The number of Topliss-reactive ketones (excluding diaryl/α,β-unsaturated/α-hetero) is 1. The number of nitrogens with zero attached hydrogens (tertiary/aromatic N) is 1. The number of aromatic nitrogens is 1. The summed E-state index contributed by atoms with van der Waals surface area (Å²) in [5, 5.41) is 12.4. The van der Waals surface area contributed by atoms with Crippen molar-refractivity contribution in [2.45, 2.75) is 30.0 Å². The molecule has 1 aliphatic rings. The van der Waals surface area contributed by atoms with Gasteiger partial charge in [0.2, 0.25) is 5.91 Å². The van der Waals surface area contributed by atoms with Crippen LogP contribution in [0.15, 0.2) is 77.1 Å². The number of carboxylic acid groups (broad SMARTS) is 1. The maximum Gasteiger partial charge on any atom is 0.307 e. The molecule has 1 aromatic heterocycles. The summed E-state index contributed by atoms with van der Waals surface area (Å²) in [5.74, 6) is -1.96. The van der Waals surface area contributed by atoms with Gasteiger partial charge in [-0.25, -0.2) is 4.98 Å². The van der Waals surface area contributed by atoms with Gasteiger partial charge in [0.25, 0.3) is 0 Å². The Morgan fingerprint density at radius 3 is 2.35 bits per heavy atom. The zero-order chi connectivity index (χ0) is 25.8. The second-order valence-corrected chi connectivity index (χ2v) is 11.4. The molecule has 2 atom stereocenters. The van der Waals surface area contributed by atoms with Crippen LogP contribution in [0.3, 0.4) is 0 Å². The molecule has 0 aliphatic heterocycles. The van der Waals surface area contributed by atoms with E-state index >= 15 is 0 Å². The highest BCUT2D eigenvalue weighted by atomic mass is 32.2. The van der Waals surface area contributed by atoms with Crippen molar-refractivity contribution in [3.8, 4) is 11.1 Å². The van der Waals surface area contributed by atoms with Crippen LogP contribution < -0.4 is 5.32 Å². The largest absolute Gasteiger partial charge is 0.481 e. The minimum absolute atomic E-state index is 0.0392. The number of thioether (sulfide) groups is 1. The van der Waals surface area contributed by atoms with Crippen molar-refractivity contribution in [3.63, 3.8) is 0 Å². The molecule has 4 aromatic rings. The smallest absolute Gasteiger partial charge is 0.307 e. The fourth-order valence-electron chi connectivity index (χ4n) is 4.71. The number of amides is 1. The number of carbonyl (C=O) groups excluding carboxylic acids is 2. The summed E-state index contributed by atoms with van der Waals surface area (Å²) in [7, 11) is 0. The fourth-order valence-corrected chi connectivity index (χ4v) is 6.71. The number of fused-ring (bicyclic) bond motifs is 1. The van der Waals surface area contributed by atoms with Crippen molar-refractivity contribution in [1.29, 1.82) is 0 Å². The van der Waals surface area contributed by atoms with Crippen LogP contribution in [-0.2, 0) is 9.59 Å². The van der Waals surface area contributed by atoms with Gasteiger partial charge in [-0.2, -0.15) is 0 Å². The molecule has 37 heavy (non-hydrogen) atoms. The first kappa shape index (κ1) is 25.2. The van der Waals surface area contributed by atoms with Gasteiger partial charge in [-0.05, 0) is 42.2 Å². The lowest BCUT2D eigenvalue weighted by molar-refractivity contribution is -0.147. The molecule has 0 unspecified atom stereocenters. The predicted octanol–water partition coefficient (Wildman–Crippen LogP) is 6.77. The van der Waals surface area contributed by atoms with Crippen LogP contribution in [0.25, 0.3) is 21.3 Å². The molecule has 8 heteroatoms. The number of hydrogen-bond donors (Lipinski definition) is 2. The number of thiazole rings is 1. The molecule has 0 bridgehead atoms. The van der Waals surface area contributed by atoms with E-state index in [1.54, 1.807) is 6.07 Å². The number of benzene rings is 3. The summed E-state index contributed by atoms with van der Waals surface area (Å²) >= 11 is 2.87. The molecule has 1 heterocycles. The summed E-state index contributed by atoms with van der Waals surface area (Å²) in [5.41, 5.74) is 4.27. The SMILES string of the molecule is O=C(CSc1nc2ccc(NC(=O)[C@@H]3CCCC[C@@H]3C(=O)O)cc2s1)c1ccc(-c2ccccc2)cc1. The first-order valence-corrected chi connectivity index (χ1v) is 14.0.